The molecule has 1 aliphatic rings. The van der Waals surface area contributed by atoms with Crippen LogP contribution in [0.15, 0.2) is 35.3 Å². The molecule has 2 rings (SSSR count). The van der Waals surface area contributed by atoms with E-state index >= 15 is 0 Å². The van der Waals surface area contributed by atoms with Crippen LogP contribution >= 0.6 is 0 Å². The van der Waals surface area contributed by atoms with Gasteiger partial charge in [0.2, 0.25) is 5.91 Å². The lowest BCUT2D eigenvalue weighted by atomic mass is 10.2. The lowest BCUT2D eigenvalue weighted by molar-refractivity contribution is -0.128. The predicted octanol–water partition coefficient (Wildman–Crippen LogP) is 1.62. The smallest absolute Gasteiger partial charge is 0.219 e. The molecule has 1 amide bonds. The molecule has 7 heteroatoms. The lowest BCUT2D eigenvalue weighted by Crippen LogP contribution is -2.46. The number of likely N-dealkylation sites (N-methyl/N-ethyl adjacent to an activating group) is 1. The number of amides is 1. The van der Waals surface area contributed by atoms with Gasteiger partial charge in [-0.15, -0.1) is 0 Å². The molecule has 1 aliphatic heterocycles. The van der Waals surface area contributed by atoms with Crippen LogP contribution in [0.3, 0.4) is 0 Å². The number of rotatable bonds is 4. The molecule has 25 heavy (non-hydrogen) atoms. The molecule has 1 heterocycles. The standard InChI is InChI=1S/C18H20F2N4O/c1-3-24(13(2)25)11-10-21-18-9-7-15(22-23-18)6-4-14-5-8-16(19)17(20)12-14/h5,7-9,12,15,22H,3,10-11H2,1-2H3,(H,21,23). The number of hydrogen-bond donors (Lipinski definition) is 2. The molecule has 5 nitrogen and oxygen atoms in total. The Morgan fingerprint density at radius 1 is 1.36 bits per heavy atom. The SMILES string of the molecule is CCN(CCN=C1C=CC(C#Cc2ccc(F)c(F)c2)NN1)C(C)=O. The van der Waals surface area contributed by atoms with Crippen LogP contribution in [0.1, 0.15) is 19.4 Å². The minimum Gasteiger partial charge on any atom is -0.341 e. The highest BCUT2D eigenvalue weighted by Crippen LogP contribution is 2.07. The quantitative estimate of drug-likeness (QED) is 0.815. The Morgan fingerprint density at radius 3 is 2.76 bits per heavy atom. The normalized spacial score (nSPS) is 17.6. The van der Waals surface area contributed by atoms with Gasteiger partial charge in [0.05, 0.1) is 6.54 Å². The molecule has 1 atom stereocenters. The van der Waals surface area contributed by atoms with Gasteiger partial charge in [-0.3, -0.25) is 9.79 Å². The maximum Gasteiger partial charge on any atom is 0.219 e. The number of benzene rings is 1. The summed E-state index contributed by atoms with van der Waals surface area (Å²) in [6.45, 7) is 5.17. The second-order valence-corrected chi connectivity index (χ2v) is 5.37. The first-order valence-electron chi connectivity index (χ1n) is 7.96. The second-order valence-electron chi connectivity index (χ2n) is 5.37. The molecule has 0 spiro atoms. The number of carbonyl (C=O) groups excluding carboxylic acids is 1. The van der Waals surface area contributed by atoms with Crippen molar-refractivity contribution in [2.45, 2.75) is 19.9 Å². The van der Waals surface area contributed by atoms with Crippen molar-refractivity contribution in [3.8, 4) is 11.8 Å². The highest BCUT2D eigenvalue weighted by Gasteiger charge is 2.08. The van der Waals surface area contributed by atoms with Gasteiger partial charge < -0.3 is 10.3 Å². The number of hydrazine groups is 1. The predicted molar refractivity (Wildman–Crippen MR) is 92.7 cm³/mol. The van der Waals surface area contributed by atoms with Crippen LogP contribution in [0.2, 0.25) is 0 Å². The van der Waals surface area contributed by atoms with Crippen molar-refractivity contribution in [2.75, 3.05) is 19.6 Å². The van der Waals surface area contributed by atoms with Gasteiger partial charge in [-0.25, -0.2) is 14.2 Å². The van der Waals surface area contributed by atoms with Gasteiger partial charge in [0.1, 0.15) is 11.9 Å². The Kier molecular flexibility index (Phi) is 6.66. The van der Waals surface area contributed by atoms with Crippen LogP contribution < -0.4 is 10.9 Å². The van der Waals surface area contributed by atoms with Crippen LogP contribution in [0, 0.1) is 23.5 Å². The van der Waals surface area contributed by atoms with E-state index in [1.54, 1.807) is 11.0 Å². The number of hydrogen-bond acceptors (Lipinski definition) is 3. The first-order chi connectivity index (χ1) is 12.0. The highest BCUT2D eigenvalue weighted by molar-refractivity contribution is 5.93. The zero-order valence-corrected chi connectivity index (χ0v) is 14.1. The number of aliphatic imine (C=N–C) groups is 1. The van der Waals surface area contributed by atoms with Crippen LogP contribution in [-0.4, -0.2) is 42.3 Å². The molecule has 132 valence electrons. The van der Waals surface area contributed by atoms with E-state index in [0.29, 0.717) is 31.0 Å². The van der Waals surface area contributed by atoms with Crippen molar-refractivity contribution in [2.24, 2.45) is 4.99 Å². The van der Waals surface area contributed by atoms with Gasteiger partial charge in [-0.2, -0.15) is 0 Å². The second kappa shape index (κ2) is 8.94. The summed E-state index contributed by atoms with van der Waals surface area (Å²) < 4.78 is 26.0. The molecule has 0 radical (unpaired) electrons. The third-order valence-electron chi connectivity index (χ3n) is 3.57. The minimum absolute atomic E-state index is 0.0283. The van der Waals surface area contributed by atoms with Crippen LogP contribution in [0.25, 0.3) is 0 Å². The molecule has 2 N–H and O–H groups in total. The third-order valence-corrected chi connectivity index (χ3v) is 3.57. The fraction of sp³-hybridized carbons (Fsp3) is 0.333. The van der Waals surface area contributed by atoms with Crippen LogP contribution in [0.4, 0.5) is 8.78 Å². The average molecular weight is 346 g/mol. The van der Waals surface area contributed by atoms with Gasteiger partial charge in [-0.05, 0) is 31.2 Å². The molecular formula is C18H20F2N4O. The van der Waals surface area contributed by atoms with Crippen LogP contribution in [0.5, 0.6) is 0 Å². The fourth-order valence-corrected chi connectivity index (χ4v) is 2.17. The summed E-state index contributed by atoms with van der Waals surface area (Å²) in [7, 11) is 0. The maximum absolute atomic E-state index is 13.1. The molecule has 0 bridgehead atoms. The molecule has 0 saturated heterocycles. The van der Waals surface area contributed by atoms with Gasteiger partial charge >= 0.3 is 0 Å². The lowest BCUT2D eigenvalue weighted by Gasteiger charge is -2.19. The fourth-order valence-electron chi connectivity index (χ4n) is 2.17. The molecule has 1 aromatic rings. The molecule has 1 aromatic carbocycles. The van der Waals surface area contributed by atoms with Gasteiger partial charge in [0.25, 0.3) is 0 Å². The van der Waals surface area contributed by atoms with E-state index in [1.165, 1.54) is 13.0 Å². The summed E-state index contributed by atoms with van der Waals surface area (Å²) in [5.41, 5.74) is 6.27. The maximum atomic E-state index is 13.1. The Bertz CT molecular complexity index is 749. The molecule has 1 unspecified atom stereocenters. The van der Waals surface area contributed by atoms with Crippen molar-refractivity contribution in [3.63, 3.8) is 0 Å². The Labute approximate surface area is 145 Å². The first kappa shape index (κ1) is 18.6. The zero-order chi connectivity index (χ0) is 18.2. The van der Waals surface area contributed by atoms with Gasteiger partial charge in [0.15, 0.2) is 11.6 Å². The number of nitrogens with one attached hydrogen (secondary N) is 2. The van der Waals surface area contributed by atoms with Gasteiger partial charge in [-0.1, -0.05) is 17.9 Å². The molecule has 0 aliphatic carbocycles. The Balaban J connectivity index is 1.90. The summed E-state index contributed by atoms with van der Waals surface area (Å²) in [6.07, 6.45) is 3.59. The molecular weight excluding hydrogens is 326 g/mol. The number of amidine groups is 1. The topological polar surface area (TPSA) is 56.7 Å². The largest absolute Gasteiger partial charge is 0.341 e. The summed E-state index contributed by atoms with van der Waals surface area (Å²) in [4.78, 5) is 17.4. The van der Waals surface area contributed by atoms with Crippen LogP contribution in [-0.2, 0) is 4.79 Å². The zero-order valence-electron chi connectivity index (χ0n) is 14.1. The van der Waals surface area contributed by atoms with Crippen molar-refractivity contribution in [3.05, 3.63) is 47.5 Å². The van der Waals surface area contributed by atoms with Crippen molar-refractivity contribution in [1.29, 1.82) is 0 Å². The molecule has 0 fully saturated rings. The summed E-state index contributed by atoms with van der Waals surface area (Å²) >= 11 is 0. The minimum atomic E-state index is -0.918. The summed E-state index contributed by atoms with van der Waals surface area (Å²) in [5.74, 6) is 4.54. The van der Waals surface area contributed by atoms with E-state index in [0.717, 1.165) is 12.1 Å². The van der Waals surface area contributed by atoms with Crippen molar-refractivity contribution < 1.29 is 13.6 Å². The van der Waals surface area contributed by atoms with E-state index < -0.39 is 11.6 Å². The highest BCUT2D eigenvalue weighted by atomic mass is 19.2. The average Bonchev–Trinajstić information content (AvgIpc) is 2.60. The van der Waals surface area contributed by atoms with E-state index in [2.05, 4.69) is 27.7 Å². The summed E-state index contributed by atoms with van der Waals surface area (Å²) in [5, 5.41) is 0. The van der Waals surface area contributed by atoms with E-state index in [-0.39, 0.29) is 11.9 Å². The van der Waals surface area contributed by atoms with Crippen molar-refractivity contribution >= 4 is 11.7 Å². The summed E-state index contributed by atoms with van der Waals surface area (Å²) in [6, 6.07) is 3.25. The van der Waals surface area contributed by atoms with E-state index in [9.17, 15) is 13.6 Å². The Hall–Kier alpha value is -2.72. The molecule has 0 aromatic heterocycles. The number of nitrogens with zero attached hydrogens (tertiary/aromatic N) is 2. The van der Waals surface area contributed by atoms with Crippen molar-refractivity contribution in [1.82, 2.24) is 15.8 Å². The van der Waals surface area contributed by atoms with E-state index in [4.69, 9.17) is 0 Å². The molecule has 0 saturated carbocycles. The number of carbonyl (C=O) groups is 1. The first-order valence-corrected chi connectivity index (χ1v) is 7.96. The van der Waals surface area contributed by atoms with E-state index in [1.807, 2.05) is 13.0 Å². The van der Waals surface area contributed by atoms with Gasteiger partial charge in [0, 0.05) is 25.6 Å². The Morgan fingerprint density at radius 2 is 2.16 bits per heavy atom. The number of halogens is 2. The third kappa shape index (κ3) is 5.69. The monoisotopic (exact) mass is 346 g/mol.